The standard InChI is InChI=1S/C23H22BrNO/c1-3-4-13-26-23-19(24)14-16(2)15-22(23)25-20-11-7-5-9-17(20)18-10-6-8-12-21(18)25/h5-12,14-15H,3-4,13H2,1-2H3. The number of hydrogen-bond donors (Lipinski definition) is 0. The van der Waals surface area contributed by atoms with Gasteiger partial charge in [0, 0.05) is 10.8 Å². The summed E-state index contributed by atoms with van der Waals surface area (Å²) in [7, 11) is 0. The normalized spacial score (nSPS) is 11.3. The van der Waals surface area contributed by atoms with Crippen LogP contribution >= 0.6 is 15.9 Å². The maximum Gasteiger partial charge on any atom is 0.157 e. The van der Waals surface area contributed by atoms with Crippen molar-refractivity contribution < 1.29 is 4.74 Å². The van der Waals surface area contributed by atoms with Gasteiger partial charge in [-0.15, -0.1) is 0 Å². The summed E-state index contributed by atoms with van der Waals surface area (Å²) in [6.45, 7) is 5.03. The highest BCUT2D eigenvalue weighted by atomic mass is 79.9. The van der Waals surface area contributed by atoms with Gasteiger partial charge in [0.2, 0.25) is 0 Å². The number of nitrogens with zero attached hydrogens (tertiary/aromatic N) is 1. The van der Waals surface area contributed by atoms with Gasteiger partial charge in [-0.05, 0) is 59.1 Å². The van der Waals surface area contributed by atoms with E-state index in [4.69, 9.17) is 4.74 Å². The van der Waals surface area contributed by atoms with E-state index in [0.717, 1.165) is 35.4 Å². The minimum absolute atomic E-state index is 0.724. The Labute approximate surface area is 162 Å². The first-order chi connectivity index (χ1) is 12.7. The van der Waals surface area contributed by atoms with Crippen molar-refractivity contribution in [1.29, 1.82) is 0 Å². The van der Waals surface area contributed by atoms with Crippen LogP contribution in [-0.2, 0) is 0 Å². The quantitative estimate of drug-likeness (QED) is 0.323. The Morgan fingerprint density at radius 3 is 2.15 bits per heavy atom. The van der Waals surface area contributed by atoms with Gasteiger partial charge < -0.3 is 9.30 Å². The van der Waals surface area contributed by atoms with Crippen molar-refractivity contribution in [2.45, 2.75) is 26.7 Å². The molecule has 1 heterocycles. The minimum Gasteiger partial charge on any atom is -0.490 e. The highest BCUT2D eigenvalue weighted by Crippen LogP contribution is 2.39. The Hall–Kier alpha value is -2.26. The zero-order valence-electron chi connectivity index (χ0n) is 15.1. The fourth-order valence-corrected chi connectivity index (χ4v) is 4.20. The molecule has 132 valence electrons. The molecular weight excluding hydrogens is 386 g/mol. The van der Waals surface area contributed by atoms with Crippen LogP contribution in [0.2, 0.25) is 0 Å². The van der Waals surface area contributed by atoms with E-state index in [9.17, 15) is 0 Å². The zero-order chi connectivity index (χ0) is 18.1. The number of benzene rings is 3. The van der Waals surface area contributed by atoms with E-state index in [-0.39, 0.29) is 0 Å². The van der Waals surface area contributed by atoms with Crippen LogP contribution in [0.4, 0.5) is 0 Å². The van der Waals surface area contributed by atoms with E-state index in [1.54, 1.807) is 0 Å². The second-order valence-corrected chi connectivity index (χ2v) is 7.52. The second kappa shape index (κ2) is 7.16. The van der Waals surface area contributed by atoms with Crippen molar-refractivity contribution >= 4 is 37.7 Å². The molecule has 1 aromatic heterocycles. The Morgan fingerprint density at radius 2 is 1.54 bits per heavy atom. The van der Waals surface area contributed by atoms with E-state index in [1.165, 1.54) is 27.4 Å². The lowest BCUT2D eigenvalue weighted by molar-refractivity contribution is 0.307. The maximum atomic E-state index is 6.22. The average molecular weight is 408 g/mol. The molecule has 0 radical (unpaired) electrons. The number of ether oxygens (including phenoxy) is 1. The van der Waals surface area contributed by atoms with Gasteiger partial charge in [-0.3, -0.25) is 0 Å². The molecule has 0 atom stereocenters. The first-order valence-corrected chi connectivity index (χ1v) is 9.91. The van der Waals surface area contributed by atoms with Crippen LogP contribution in [0.25, 0.3) is 27.5 Å². The summed E-state index contributed by atoms with van der Waals surface area (Å²) >= 11 is 3.73. The number of para-hydroxylation sites is 2. The monoisotopic (exact) mass is 407 g/mol. The van der Waals surface area contributed by atoms with Gasteiger partial charge in [-0.2, -0.15) is 0 Å². The number of hydrogen-bond acceptors (Lipinski definition) is 1. The third-order valence-corrected chi connectivity index (χ3v) is 5.32. The molecule has 4 aromatic rings. The predicted molar refractivity (Wildman–Crippen MR) is 114 cm³/mol. The van der Waals surface area contributed by atoms with Crippen LogP contribution in [0.1, 0.15) is 25.3 Å². The largest absolute Gasteiger partial charge is 0.490 e. The lowest BCUT2D eigenvalue weighted by Crippen LogP contribution is -2.04. The molecule has 0 aliphatic heterocycles. The number of fused-ring (bicyclic) bond motifs is 3. The molecule has 0 saturated carbocycles. The lowest BCUT2D eigenvalue weighted by Gasteiger charge is -2.17. The van der Waals surface area contributed by atoms with E-state index < -0.39 is 0 Å². The molecule has 3 heteroatoms. The van der Waals surface area contributed by atoms with E-state index in [0.29, 0.717) is 0 Å². The summed E-state index contributed by atoms with van der Waals surface area (Å²) < 4.78 is 9.55. The Balaban J connectivity index is 2.03. The SMILES string of the molecule is CCCCOc1c(Br)cc(C)cc1-n1c2ccccc2c2ccccc21. The van der Waals surface area contributed by atoms with Crippen LogP contribution in [0.5, 0.6) is 5.75 Å². The van der Waals surface area contributed by atoms with Crippen LogP contribution < -0.4 is 4.74 Å². The molecule has 3 aromatic carbocycles. The molecule has 4 rings (SSSR count). The Morgan fingerprint density at radius 1 is 0.923 bits per heavy atom. The number of rotatable bonds is 5. The van der Waals surface area contributed by atoms with Gasteiger partial charge in [-0.1, -0.05) is 49.7 Å². The Bertz CT molecular complexity index is 1030. The summed E-state index contributed by atoms with van der Waals surface area (Å²) in [5.41, 5.74) is 4.69. The van der Waals surface area contributed by atoms with Crippen molar-refractivity contribution in [3.8, 4) is 11.4 Å². The van der Waals surface area contributed by atoms with Crippen molar-refractivity contribution in [3.63, 3.8) is 0 Å². The van der Waals surface area contributed by atoms with Crippen LogP contribution in [-0.4, -0.2) is 11.2 Å². The summed E-state index contributed by atoms with van der Waals surface area (Å²) in [5.74, 6) is 0.913. The van der Waals surface area contributed by atoms with Gasteiger partial charge in [0.25, 0.3) is 0 Å². The van der Waals surface area contributed by atoms with Gasteiger partial charge in [0.15, 0.2) is 5.75 Å². The average Bonchev–Trinajstić information content (AvgIpc) is 2.98. The lowest BCUT2D eigenvalue weighted by atomic mass is 10.2. The summed E-state index contributed by atoms with van der Waals surface area (Å²) in [6.07, 6.45) is 2.17. The third kappa shape index (κ3) is 2.90. The van der Waals surface area contributed by atoms with Crippen molar-refractivity contribution in [1.82, 2.24) is 4.57 Å². The maximum absolute atomic E-state index is 6.22. The molecule has 0 fully saturated rings. The molecule has 0 bridgehead atoms. The number of aromatic nitrogens is 1. The van der Waals surface area contributed by atoms with Gasteiger partial charge >= 0.3 is 0 Å². The number of halogens is 1. The molecule has 26 heavy (non-hydrogen) atoms. The number of unbranched alkanes of at least 4 members (excludes halogenated alkanes) is 1. The Kier molecular flexibility index (Phi) is 4.73. The van der Waals surface area contributed by atoms with Gasteiger partial charge in [-0.25, -0.2) is 0 Å². The molecule has 0 amide bonds. The molecule has 0 saturated heterocycles. The first kappa shape index (κ1) is 17.2. The zero-order valence-corrected chi connectivity index (χ0v) is 16.7. The molecule has 2 nitrogen and oxygen atoms in total. The van der Waals surface area contributed by atoms with Crippen molar-refractivity contribution in [2.24, 2.45) is 0 Å². The molecule has 0 unspecified atom stereocenters. The first-order valence-electron chi connectivity index (χ1n) is 9.12. The summed E-state index contributed by atoms with van der Waals surface area (Å²) in [6, 6.07) is 21.5. The molecule has 0 aliphatic rings. The summed E-state index contributed by atoms with van der Waals surface area (Å²) in [5, 5.41) is 2.53. The molecular formula is C23H22BrNO. The summed E-state index contributed by atoms with van der Waals surface area (Å²) in [4.78, 5) is 0. The fourth-order valence-electron chi connectivity index (χ4n) is 3.52. The minimum atomic E-state index is 0.724. The smallest absolute Gasteiger partial charge is 0.157 e. The third-order valence-electron chi connectivity index (χ3n) is 4.73. The van der Waals surface area contributed by atoms with Crippen LogP contribution in [0.3, 0.4) is 0 Å². The molecule has 0 spiro atoms. The van der Waals surface area contributed by atoms with Gasteiger partial charge in [0.05, 0.1) is 27.8 Å². The topological polar surface area (TPSA) is 14.2 Å². The predicted octanol–water partition coefficient (Wildman–Crippen LogP) is 7.03. The van der Waals surface area contributed by atoms with Crippen molar-refractivity contribution in [2.75, 3.05) is 6.61 Å². The van der Waals surface area contributed by atoms with Crippen LogP contribution in [0.15, 0.2) is 65.1 Å². The molecule has 0 aliphatic carbocycles. The fraction of sp³-hybridized carbons (Fsp3) is 0.217. The van der Waals surface area contributed by atoms with Crippen molar-refractivity contribution in [3.05, 3.63) is 70.7 Å². The number of aryl methyl sites for hydroxylation is 1. The highest BCUT2D eigenvalue weighted by molar-refractivity contribution is 9.10. The highest BCUT2D eigenvalue weighted by Gasteiger charge is 2.17. The van der Waals surface area contributed by atoms with E-state index in [2.05, 4.69) is 95.0 Å². The van der Waals surface area contributed by atoms with E-state index in [1.807, 2.05) is 0 Å². The van der Waals surface area contributed by atoms with Gasteiger partial charge in [0.1, 0.15) is 0 Å². The van der Waals surface area contributed by atoms with E-state index >= 15 is 0 Å². The van der Waals surface area contributed by atoms with Crippen LogP contribution in [0, 0.1) is 6.92 Å². The second-order valence-electron chi connectivity index (χ2n) is 6.67. The molecule has 0 N–H and O–H groups in total.